The summed E-state index contributed by atoms with van der Waals surface area (Å²) in [6.45, 7) is 5.27. The second-order valence-corrected chi connectivity index (χ2v) is 4.67. The van der Waals surface area contributed by atoms with Crippen LogP contribution in [0.1, 0.15) is 27.7 Å². The van der Waals surface area contributed by atoms with Crippen LogP contribution in [-0.2, 0) is 38.1 Å². The lowest BCUT2D eigenvalue weighted by atomic mass is 9.99. The van der Waals surface area contributed by atoms with Crippen molar-refractivity contribution in [1.82, 2.24) is 0 Å². The van der Waals surface area contributed by atoms with Gasteiger partial charge in [-0.05, 0) is 6.92 Å². The van der Waals surface area contributed by atoms with Gasteiger partial charge in [0.15, 0.2) is 24.6 Å². The van der Waals surface area contributed by atoms with Crippen LogP contribution in [-0.4, -0.2) is 55.7 Å². The lowest BCUT2D eigenvalue weighted by Crippen LogP contribution is -2.60. The predicted molar refractivity (Wildman–Crippen MR) is 68.0 cm³/mol. The molecular weight excluding hydrogens is 284 g/mol. The maximum Gasteiger partial charge on any atom is 0.303 e. The molecule has 0 amide bonds. The Kier molecular flexibility index (Phi) is 6.10. The van der Waals surface area contributed by atoms with Crippen LogP contribution in [0.25, 0.3) is 0 Å². The van der Waals surface area contributed by atoms with E-state index in [1.54, 1.807) is 6.92 Å². The van der Waals surface area contributed by atoms with Crippen LogP contribution in [0.15, 0.2) is 0 Å². The van der Waals surface area contributed by atoms with E-state index in [2.05, 4.69) is 0 Å². The molecule has 0 radical (unpaired) electrons. The average Bonchev–Trinajstić information content (AvgIpc) is 2.35. The van der Waals surface area contributed by atoms with Crippen molar-refractivity contribution in [3.8, 4) is 0 Å². The van der Waals surface area contributed by atoms with Crippen molar-refractivity contribution in [2.45, 2.75) is 58.4 Å². The fourth-order valence-corrected chi connectivity index (χ4v) is 2.16. The molecule has 0 saturated carbocycles. The molecular formula is C13H20O8. The maximum atomic E-state index is 11.3. The van der Waals surface area contributed by atoms with Crippen molar-refractivity contribution < 1.29 is 38.1 Å². The largest absolute Gasteiger partial charge is 0.456 e. The molecule has 0 N–H and O–H groups in total. The Balaban J connectivity index is 3.08. The molecule has 0 bridgehead atoms. The van der Waals surface area contributed by atoms with Gasteiger partial charge in [0.05, 0.1) is 6.10 Å². The first kappa shape index (κ1) is 17.4. The summed E-state index contributed by atoms with van der Waals surface area (Å²) in [6, 6.07) is 0. The number of methoxy groups -OCH3 is 1. The maximum absolute atomic E-state index is 11.3. The van der Waals surface area contributed by atoms with Gasteiger partial charge in [-0.2, -0.15) is 0 Å². The summed E-state index contributed by atoms with van der Waals surface area (Å²) < 4.78 is 26.0. The molecule has 0 aliphatic carbocycles. The minimum atomic E-state index is -1.03. The second-order valence-electron chi connectivity index (χ2n) is 4.67. The molecule has 1 fully saturated rings. The van der Waals surface area contributed by atoms with Crippen LogP contribution in [0.2, 0.25) is 0 Å². The van der Waals surface area contributed by atoms with Gasteiger partial charge in [-0.1, -0.05) is 0 Å². The Bertz CT molecular complexity index is 407. The molecule has 1 aliphatic heterocycles. The Morgan fingerprint density at radius 3 is 1.67 bits per heavy atom. The van der Waals surface area contributed by atoms with E-state index < -0.39 is 48.6 Å². The predicted octanol–water partition coefficient (Wildman–Crippen LogP) is 0.173. The van der Waals surface area contributed by atoms with Gasteiger partial charge in [-0.15, -0.1) is 0 Å². The van der Waals surface area contributed by atoms with E-state index in [0.717, 1.165) is 0 Å². The average molecular weight is 304 g/mol. The summed E-state index contributed by atoms with van der Waals surface area (Å²) in [7, 11) is 1.37. The Morgan fingerprint density at radius 2 is 1.24 bits per heavy atom. The van der Waals surface area contributed by atoms with Gasteiger partial charge in [0.1, 0.15) is 0 Å². The summed E-state index contributed by atoms with van der Waals surface area (Å²) in [4.78, 5) is 33.7. The molecule has 0 unspecified atom stereocenters. The third-order valence-electron chi connectivity index (χ3n) is 2.87. The standard InChI is InChI=1S/C13H20O8/c1-6-10(19-7(2)14)11(20-8(3)15)12(21-9(4)16)13(17-5)18-6/h6,10-13H,1-5H3/t6-,10+,11+,12-,13-/m1/s1. The zero-order valence-electron chi connectivity index (χ0n) is 12.7. The van der Waals surface area contributed by atoms with Crippen molar-refractivity contribution in [3.63, 3.8) is 0 Å². The smallest absolute Gasteiger partial charge is 0.303 e. The van der Waals surface area contributed by atoms with Gasteiger partial charge in [0, 0.05) is 27.9 Å². The second kappa shape index (κ2) is 7.37. The Morgan fingerprint density at radius 1 is 0.810 bits per heavy atom. The van der Waals surface area contributed by atoms with Gasteiger partial charge in [0.25, 0.3) is 0 Å². The monoisotopic (exact) mass is 304 g/mol. The van der Waals surface area contributed by atoms with Gasteiger partial charge < -0.3 is 23.7 Å². The SMILES string of the molecule is CO[C@@H]1O[C@H](C)[C@H](OC(C)=O)[C@H](OC(C)=O)[C@H]1OC(C)=O. The fourth-order valence-electron chi connectivity index (χ4n) is 2.16. The Labute approximate surface area is 122 Å². The van der Waals surface area contributed by atoms with Crippen molar-refractivity contribution in [2.24, 2.45) is 0 Å². The van der Waals surface area contributed by atoms with Crippen LogP contribution in [0.5, 0.6) is 0 Å². The summed E-state index contributed by atoms with van der Waals surface area (Å²) >= 11 is 0. The van der Waals surface area contributed by atoms with E-state index in [4.69, 9.17) is 23.7 Å². The number of ether oxygens (including phenoxy) is 5. The molecule has 1 aliphatic rings. The minimum absolute atomic E-state index is 0.565. The highest BCUT2D eigenvalue weighted by Crippen LogP contribution is 2.28. The molecule has 0 aromatic rings. The number of esters is 3. The first-order chi connectivity index (χ1) is 9.76. The van der Waals surface area contributed by atoms with Gasteiger partial charge in [0.2, 0.25) is 0 Å². The highest BCUT2D eigenvalue weighted by molar-refractivity contribution is 5.68. The summed E-state index contributed by atoms with van der Waals surface area (Å²) in [5, 5.41) is 0. The quantitative estimate of drug-likeness (QED) is 0.535. The minimum Gasteiger partial charge on any atom is -0.456 e. The van der Waals surface area contributed by atoms with E-state index >= 15 is 0 Å². The molecule has 120 valence electrons. The molecule has 1 rings (SSSR count). The van der Waals surface area contributed by atoms with Crippen molar-refractivity contribution >= 4 is 17.9 Å². The molecule has 1 saturated heterocycles. The number of carbonyl (C=O) groups is 3. The Hall–Kier alpha value is -1.67. The molecule has 8 nitrogen and oxygen atoms in total. The van der Waals surface area contributed by atoms with Gasteiger partial charge >= 0.3 is 17.9 Å². The number of rotatable bonds is 4. The number of carbonyl (C=O) groups excluding carboxylic acids is 3. The summed E-state index contributed by atoms with van der Waals surface area (Å²) in [5.41, 5.74) is 0. The highest BCUT2D eigenvalue weighted by Gasteiger charge is 2.50. The summed E-state index contributed by atoms with van der Waals surface area (Å²) in [6.07, 6.45) is -4.47. The van der Waals surface area contributed by atoms with E-state index in [1.807, 2.05) is 0 Å². The molecule has 5 atom stereocenters. The van der Waals surface area contributed by atoms with Gasteiger partial charge in [-0.25, -0.2) is 0 Å². The fraction of sp³-hybridized carbons (Fsp3) is 0.769. The molecule has 21 heavy (non-hydrogen) atoms. The molecule has 0 spiro atoms. The lowest BCUT2D eigenvalue weighted by molar-refractivity contribution is -0.294. The number of hydrogen-bond donors (Lipinski definition) is 0. The lowest BCUT2D eigenvalue weighted by Gasteiger charge is -2.42. The first-order valence-corrected chi connectivity index (χ1v) is 6.46. The van der Waals surface area contributed by atoms with Crippen molar-refractivity contribution in [3.05, 3.63) is 0 Å². The number of hydrogen-bond acceptors (Lipinski definition) is 8. The molecule has 1 heterocycles. The van der Waals surface area contributed by atoms with E-state index in [0.29, 0.717) is 0 Å². The molecule has 8 heteroatoms. The van der Waals surface area contributed by atoms with Crippen molar-refractivity contribution in [2.75, 3.05) is 7.11 Å². The summed E-state index contributed by atoms with van der Waals surface area (Å²) in [5.74, 6) is -1.76. The van der Waals surface area contributed by atoms with E-state index in [-0.39, 0.29) is 0 Å². The van der Waals surface area contributed by atoms with E-state index in [9.17, 15) is 14.4 Å². The van der Waals surface area contributed by atoms with Crippen LogP contribution < -0.4 is 0 Å². The van der Waals surface area contributed by atoms with Crippen LogP contribution in [0.4, 0.5) is 0 Å². The van der Waals surface area contributed by atoms with Crippen molar-refractivity contribution in [1.29, 1.82) is 0 Å². The zero-order valence-corrected chi connectivity index (χ0v) is 12.7. The third-order valence-corrected chi connectivity index (χ3v) is 2.87. The normalized spacial score (nSPS) is 32.1. The topological polar surface area (TPSA) is 97.4 Å². The molecule has 0 aromatic heterocycles. The van der Waals surface area contributed by atoms with Crippen LogP contribution >= 0.6 is 0 Å². The molecule has 0 aromatic carbocycles. The first-order valence-electron chi connectivity index (χ1n) is 6.46. The van der Waals surface area contributed by atoms with Crippen LogP contribution in [0.3, 0.4) is 0 Å². The van der Waals surface area contributed by atoms with Crippen LogP contribution in [0, 0.1) is 0 Å². The zero-order chi connectivity index (χ0) is 16.2. The van der Waals surface area contributed by atoms with Gasteiger partial charge in [-0.3, -0.25) is 14.4 Å². The van der Waals surface area contributed by atoms with E-state index in [1.165, 1.54) is 27.9 Å². The highest BCUT2D eigenvalue weighted by atomic mass is 16.7. The third kappa shape index (κ3) is 4.68.